The van der Waals surface area contributed by atoms with Gasteiger partial charge in [-0.15, -0.1) is 0 Å². The molecule has 0 aliphatic rings. The lowest BCUT2D eigenvalue weighted by atomic mass is 10.3. The molecule has 0 aromatic carbocycles. The standard InChI is InChI=1S/C9H16N6O3/c1-2-3-14(4-5-16)8-7(15(17)18)6-11-9(12-8)13-10/h6,16H,2-5,10H2,1H3,(H,11,12,13). The first-order valence-corrected chi connectivity index (χ1v) is 5.47. The number of aliphatic hydroxyl groups is 1. The van der Waals surface area contributed by atoms with Crippen LogP contribution in [0.2, 0.25) is 0 Å². The smallest absolute Gasteiger partial charge is 0.329 e. The van der Waals surface area contributed by atoms with E-state index < -0.39 is 4.92 Å². The maximum atomic E-state index is 10.9. The third kappa shape index (κ3) is 3.25. The number of nitrogen functional groups attached to an aromatic ring is 1. The zero-order chi connectivity index (χ0) is 13.5. The lowest BCUT2D eigenvalue weighted by Gasteiger charge is -2.21. The van der Waals surface area contributed by atoms with Crippen LogP contribution in [0.3, 0.4) is 0 Å². The van der Waals surface area contributed by atoms with Crippen LogP contribution in [0.5, 0.6) is 0 Å². The third-order valence-electron chi connectivity index (χ3n) is 2.24. The molecule has 0 radical (unpaired) electrons. The highest BCUT2D eigenvalue weighted by Crippen LogP contribution is 2.25. The molecular formula is C9H16N6O3. The van der Waals surface area contributed by atoms with Crippen molar-refractivity contribution in [3.05, 3.63) is 16.3 Å². The van der Waals surface area contributed by atoms with Crippen LogP contribution in [0.25, 0.3) is 0 Å². The lowest BCUT2D eigenvalue weighted by Crippen LogP contribution is -2.29. The molecule has 0 spiro atoms. The monoisotopic (exact) mass is 256 g/mol. The molecule has 0 unspecified atom stereocenters. The van der Waals surface area contributed by atoms with Crippen LogP contribution in [0.4, 0.5) is 17.5 Å². The van der Waals surface area contributed by atoms with E-state index in [0.29, 0.717) is 6.54 Å². The second kappa shape index (κ2) is 6.67. The molecule has 1 aromatic rings. The van der Waals surface area contributed by atoms with Gasteiger partial charge in [0.1, 0.15) is 6.20 Å². The first-order chi connectivity index (χ1) is 8.63. The van der Waals surface area contributed by atoms with E-state index in [1.807, 2.05) is 6.92 Å². The predicted molar refractivity (Wildman–Crippen MR) is 66.1 cm³/mol. The quantitative estimate of drug-likeness (QED) is 0.349. The van der Waals surface area contributed by atoms with Crippen molar-refractivity contribution in [2.24, 2.45) is 5.84 Å². The second-order valence-corrected chi connectivity index (χ2v) is 3.51. The largest absolute Gasteiger partial charge is 0.395 e. The summed E-state index contributed by atoms with van der Waals surface area (Å²) in [6.07, 6.45) is 1.87. The number of nitrogens with two attached hydrogens (primary N) is 1. The zero-order valence-corrected chi connectivity index (χ0v) is 10.0. The number of nitro groups is 1. The first-order valence-electron chi connectivity index (χ1n) is 5.47. The molecule has 18 heavy (non-hydrogen) atoms. The Labute approximate surface area is 104 Å². The molecule has 100 valence electrons. The van der Waals surface area contributed by atoms with Gasteiger partial charge in [-0.3, -0.25) is 15.5 Å². The van der Waals surface area contributed by atoms with Gasteiger partial charge in [0.15, 0.2) is 0 Å². The number of aliphatic hydroxyl groups excluding tert-OH is 1. The van der Waals surface area contributed by atoms with E-state index in [1.54, 1.807) is 4.90 Å². The lowest BCUT2D eigenvalue weighted by molar-refractivity contribution is -0.384. The Bertz CT molecular complexity index is 407. The van der Waals surface area contributed by atoms with E-state index >= 15 is 0 Å². The highest BCUT2D eigenvalue weighted by atomic mass is 16.6. The summed E-state index contributed by atoms with van der Waals surface area (Å²) in [5, 5.41) is 19.9. The van der Waals surface area contributed by atoms with Crippen molar-refractivity contribution in [2.75, 3.05) is 30.0 Å². The molecule has 1 rings (SSSR count). The number of hydrazine groups is 1. The molecule has 1 heterocycles. The van der Waals surface area contributed by atoms with E-state index in [0.717, 1.165) is 12.6 Å². The molecule has 0 fully saturated rings. The fourth-order valence-corrected chi connectivity index (χ4v) is 1.51. The highest BCUT2D eigenvalue weighted by Gasteiger charge is 2.22. The number of nitrogens with one attached hydrogen (secondary N) is 1. The number of anilines is 2. The van der Waals surface area contributed by atoms with Crippen LogP contribution in [0.1, 0.15) is 13.3 Å². The summed E-state index contributed by atoms with van der Waals surface area (Å²) in [7, 11) is 0. The van der Waals surface area contributed by atoms with Crippen molar-refractivity contribution < 1.29 is 10.0 Å². The van der Waals surface area contributed by atoms with E-state index in [-0.39, 0.29) is 30.6 Å². The summed E-state index contributed by atoms with van der Waals surface area (Å²) < 4.78 is 0. The molecule has 1 aromatic heterocycles. The van der Waals surface area contributed by atoms with Crippen LogP contribution in [0, 0.1) is 10.1 Å². The van der Waals surface area contributed by atoms with Gasteiger partial charge < -0.3 is 10.0 Å². The average Bonchev–Trinajstić information content (AvgIpc) is 2.37. The van der Waals surface area contributed by atoms with Gasteiger partial charge in [0.2, 0.25) is 11.8 Å². The summed E-state index contributed by atoms with van der Waals surface area (Å²) in [5.74, 6) is 5.42. The van der Waals surface area contributed by atoms with Crippen molar-refractivity contribution in [2.45, 2.75) is 13.3 Å². The SMILES string of the molecule is CCCN(CCO)c1nc(NN)ncc1[N+](=O)[O-]. The third-order valence-corrected chi connectivity index (χ3v) is 2.24. The van der Waals surface area contributed by atoms with E-state index in [1.165, 1.54) is 0 Å². The second-order valence-electron chi connectivity index (χ2n) is 3.51. The molecule has 0 bridgehead atoms. The highest BCUT2D eigenvalue weighted by molar-refractivity contribution is 5.58. The Morgan fingerprint density at radius 2 is 2.33 bits per heavy atom. The Kier molecular flexibility index (Phi) is 5.21. The van der Waals surface area contributed by atoms with Crippen molar-refractivity contribution in [3.63, 3.8) is 0 Å². The molecule has 0 aliphatic heterocycles. The predicted octanol–water partition coefficient (Wildman–Crippen LogP) is -0.121. The number of hydrogen-bond donors (Lipinski definition) is 3. The van der Waals surface area contributed by atoms with Crippen molar-refractivity contribution in [1.82, 2.24) is 9.97 Å². The summed E-state index contributed by atoms with van der Waals surface area (Å²) in [4.78, 5) is 19.7. The Morgan fingerprint density at radius 1 is 1.61 bits per heavy atom. The van der Waals surface area contributed by atoms with Crippen LogP contribution in [0.15, 0.2) is 6.20 Å². The number of hydrogen-bond acceptors (Lipinski definition) is 8. The fraction of sp³-hybridized carbons (Fsp3) is 0.556. The zero-order valence-electron chi connectivity index (χ0n) is 10.0. The minimum atomic E-state index is -0.560. The number of rotatable bonds is 7. The molecule has 9 heteroatoms. The summed E-state index contributed by atoms with van der Waals surface area (Å²) >= 11 is 0. The summed E-state index contributed by atoms with van der Waals surface area (Å²) in [6.45, 7) is 2.62. The minimum absolute atomic E-state index is 0.0923. The number of aromatic nitrogens is 2. The molecule has 9 nitrogen and oxygen atoms in total. The Morgan fingerprint density at radius 3 is 2.83 bits per heavy atom. The van der Waals surface area contributed by atoms with Gasteiger partial charge in [-0.25, -0.2) is 10.8 Å². The maximum Gasteiger partial charge on any atom is 0.329 e. The van der Waals surface area contributed by atoms with E-state index in [2.05, 4.69) is 15.4 Å². The van der Waals surface area contributed by atoms with E-state index in [4.69, 9.17) is 10.9 Å². The topological polar surface area (TPSA) is 130 Å². The maximum absolute atomic E-state index is 10.9. The van der Waals surface area contributed by atoms with Crippen LogP contribution < -0.4 is 16.2 Å². The van der Waals surface area contributed by atoms with E-state index in [9.17, 15) is 10.1 Å². The van der Waals surface area contributed by atoms with Crippen LogP contribution >= 0.6 is 0 Å². The van der Waals surface area contributed by atoms with Gasteiger partial charge in [0, 0.05) is 13.1 Å². The molecule has 4 N–H and O–H groups in total. The van der Waals surface area contributed by atoms with Gasteiger partial charge in [-0.1, -0.05) is 6.92 Å². The molecule has 0 aliphatic carbocycles. The number of nitrogens with zero attached hydrogens (tertiary/aromatic N) is 4. The summed E-state index contributed by atoms with van der Waals surface area (Å²) in [5.41, 5.74) is 2.03. The van der Waals surface area contributed by atoms with Gasteiger partial charge in [-0.05, 0) is 6.42 Å². The molecular weight excluding hydrogens is 240 g/mol. The fourth-order valence-electron chi connectivity index (χ4n) is 1.51. The van der Waals surface area contributed by atoms with Gasteiger partial charge >= 0.3 is 5.69 Å². The van der Waals surface area contributed by atoms with Crippen molar-refractivity contribution in [3.8, 4) is 0 Å². The Balaban J connectivity index is 3.18. The van der Waals surface area contributed by atoms with Crippen LogP contribution in [-0.4, -0.2) is 39.7 Å². The van der Waals surface area contributed by atoms with Gasteiger partial charge in [-0.2, -0.15) is 4.98 Å². The Hall–Kier alpha value is -2.00. The molecule has 0 amide bonds. The molecule has 0 saturated heterocycles. The normalized spacial score (nSPS) is 10.2. The molecule has 0 saturated carbocycles. The molecule has 0 atom stereocenters. The average molecular weight is 256 g/mol. The van der Waals surface area contributed by atoms with Crippen molar-refractivity contribution in [1.29, 1.82) is 0 Å². The van der Waals surface area contributed by atoms with Crippen LogP contribution in [-0.2, 0) is 0 Å². The van der Waals surface area contributed by atoms with Gasteiger partial charge in [0.05, 0.1) is 11.5 Å². The first kappa shape index (κ1) is 14.1. The van der Waals surface area contributed by atoms with Gasteiger partial charge in [0.25, 0.3) is 0 Å². The van der Waals surface area contributed by atoms with Crippen molar-refractivity contribution >= 4 is 17.5 Å². The summed E-state index contributed by atoms with van der Waals surface area (Å²) in [6, 6.07) is 0. The minimum Gasteiger partial charge on any atom is -0.395 e.